The van der Waals surface area contributed by atoms with E-state index in [1.54, 1.807) is 0 Å². The number of hydrogen-bond acceptors (Lipinski definition) is 3. The quantitative estimate of drug-likeness (QED) is 0.667. The van der Waals surface area contributed by atoms with E-state index in [4.69, 9.17) is 10.8 Å². The standard InChI is InChI=1S/C10H12F2N2O2/c1-5(15)4-14-10(16)7-2-6(11)3-8(13)9(7)12/h2-3,5,15H,4,13H2,1H3,(H,14,16)/t5-/m0/s1. The Labute approximate surface area is 91.1 Å². The molecule has 1 rings (SSSR count). The molecule has 0 aliphatic heterocycles. The molecule has 4 nitrogen and oxygen atoms in total. The zero-order valence-corrected chi connectivity index (χ0v) is 8.63. The SMILES string of the molecule is C[C@H](O)CNC(=O)c1cc(F)cc(N)c1F. The normalized spacial score (nSPS) is 12.2. The molecule has 0 spiro atoms. The van der Waals surface area contributed by atoms with Crippen LogP contribution >= 0.6 is 0 Å². The summed E-state index contributed by atoms with van der Waals surface area (Å²) in [6.07, 6.45) is -0.766. The summed E-state index contributed by atoms with van der Waals surface area (Å²) < 4.78 is 26.2. The lowest BCUT2D eigenvalue weighted by Crippen LogP contribution is -2.31. The molecule has 0 heterocycles. The summed E-state index contributed by atoms with van der Waals surface area (Å²) in [6, 6.07) is 1.55. The number of nitrogens with one attached hydrogen (secondary N) is 1. The van der Waals surface area contributed by atoms with Crippen LogP contribution in [0, 0.1) is 11.6 Å². The molecule has 0 aliphatic carbocycles. The molecule has 1 amide bonds. The van der Waals surface area contributed by atoms with Crippen LogP contribution in [0.25, 0.3) is 0 Å². The molecule has 16 heavy (non-hydrogen) atoms. The van der Waals surface area contributed by atoms with Crippen molar-refractivity contribution in [2.24, 2.45) is 0 Å². The van der Waals surface area contributed by atoms with Crippen LogP contribution in [0.2, 0.25) is 0 Å². The highest BCUT2D eigenvalue weighted by atomic mass is 19.1. The minimum atomic E-state index is -0.968. The van der Waals surface area contributed by atoms with E-state index >= 15 is 0 Å². The van der Waals surface area contributed by atoms with Crippen LogP contribution < -0.4 is 11.1 Å². The van der Waals surface area contributed by atoms with Crippen molar-refractivity contribution < 1.29 is 18.7 Å². The van der Waals surface area contributed by atoms with Crippen LogP contribution in [0.3, 0.4) is 0 Å². The van der Waals surface area contributed by atoms with E-state index in [0.717, 1.165) is 12.1 Å². The Morgan fingerprint density at radius 1 is 1.56 bits per heavy atom. The van der Waals surface area contributed by atoms with Gasteiger partial charge in [-0.1, -0.05) is 0 Å². The van der Waals surface area contributed by atoms with Gasteiger partial charge in [-0.25, -0.2) is 8.78 Å². The lowest BCUT2D eigenvalue weighted by molar-refractivity contribution is 0.0919. The van der Waals surface area contributed by atoms with Crippen molar-refractivity contribution in [1.29, 1.82) is 0 Å². The first kappa shape index (κ1) is 12.4. The van der Waals surface area contributed by atoms with Crippen LogP contribution in [0.15, 0.2) is 12.1 Å². The third-order valence-corrected chi connectivity index (χ3v) is 1.87. The lowest BCUT2D eigenvalue weighted by atomic mass is 10.1. The van der Waals surface area contributed by atoms with Crippen LogP contribution in [-0.4, -0.2) is 23.7 Å². The summed E-state index contributed by atoms with van der Waals surface area (Å²) in [5.74, 6) is -2.57. The van der Waals surface area contributed by atoms with Crippen LogP contribution in [-0.2, 0) is 0 Å². The Morgan fingerprint density at radius 3 is 2.75 bits per heavy atom. The van der Waals surface area contributed by atoms with Crippen molar-refractivity contribution in [3.63, 3.8) is 0 Å². The zero-order chi connectivity index (χ0) is 12.3. The molecule has 0 fully saturated rings. The summed E-state index contributed by atoms with van der Waals surface area (Å²) in [5.41, 5.74) is 4.27. The van der Waals surface area contributed by atoms with Gasteiger partial charge in [0.05, 0.1) is 17.4 Å². The van der Waals surface area contributed by atoms with Crippen molar-refractivity contribution >= 4 is 11.6 Å². The van der Waals surface area contributed by atoms with Crippen molar-refractivity contribution in [3.05, 3.63) is 29.3 Å². The minimum Gasteiger partial charge on any atom is -0.396 e. The van der Waals surface area contributed by atoms with Gasteiger partial charge in [0.25, 0.3) is 5.91 Å². The summed E-state index contributed by atoms with van der Waals surface area (Å²) in [4.78, 5) is 11.4. The Balaban J connectivity index is 2.91. The average Bonchev–Trinajstić information content (AvgIpc) is 2.19. The molecule has 1 atom stereocenters. The molecule has 88 valence electrons. The topological polar surface area (TPSA) is 75.3 Å². The third-order valence-electron chi connectivity index (χ3n) is 1.87. The first-order valence-electron chi connectivity index (χ1n) is 4.62. The van der Waals surface area contributed by atoms with Gasteiger partial charge in [-0.15, -0.1) is 0 Å². The fourth-order valence-corrected chi connectivity index (χ4v) is 1.11. The second-order valence-corrected chi connectivity index (χ2v) is 3.42. The highest BCUT2D eigenvalue weighted by Crippen LogP contribution is 2.17. The number of nitrogens with two attached hydrogens (primary N) is 1. The number of halogens is 2. The van der Waals surface area contributed by atoms with Gasteiger partial charge in [0.1, 0.15) is 5.82 Å². The second kappa shape index (κ2) is 4.89. The van der Waals surface area contributed by atoms with Gasteiger partial charge in [-0.3, -0.25) is 4.79 Å². The number of anilines is 1. The predicted octanol–water partition coefficient (Wildman–Crippen LogP) is 0.658. The number of hydrogen-bond donors (Lipinski definition) is 3. The van der Waals surface area contributed by atoms with Gasteiger partial charge in [0.15, 0.2) is 5.82 Å². The highest BCUT2D eigenvalue weighted by molar-refractivity contribution is 5.95. The first-order valence-corrected chi connectivity index (χ1v) is 4.62. The minimum absolute atomic E-state index is 0.0469. The number of carbonyl (C=O) groups excluding carboxylic acids is 1. The van der Waals surface area contributed by atoms with Gasteiger partial charge < -0.3 is 16.2 Å². The highest BCUT2D eigenvalue weighted by Gasteiger charge is 2.16. The second-order valence-electron chi connectivity index (χ2n) is 3.42. The molecule has 4 N–H and O–H groups in total. The summed E-state index contributed by atoms with van der Waals surface area (Å²) >= 11 is 0. The third kappa shape index (κ3) is 2.90. The molecule has 0 aliphatic rings. The first-order chi connectivity index (χ1) is 7.41. The summed E-state index contributed by atoms with van der Waals surface area (Å²) in [6.45, 7) is 1.41. The Kier molecular flexibility index (Phi) is 3.78. The predicted molar refractivity (Wildman–Crippen MR) is 54.8 cm³/mol. The van der Waals surface area contributed by atoms with Crippen molar-refractivity contribution in [3.8, 4) is 0 Å². The van der Waals surface area contributed by atoms with Gasteiger partial charge in [0.2, 0.25) is 0 Å². The van der Waals surface area contributed by atoms with Gasteiger partial charge in [-0.05, 0) is 19.1 Å². The molecule has 0 saturated heterocycles. The van der Waals surface area contributed by atoms with E-state index < -0.39 is 34.9 Å². The van der Waals surface area contributed by atoms with E-state index in [-0.39, 0.29) is 6.54 Å². The number of benzene rings is 1. The molecule has 0 aromatic heterocycles. The molecular weight excluding hydrogens is 218 g/mol. The Hall–Kier alpha value is -1.69. The fraction of sp³-hybridized carbons (Fsp3) is 0.300. The van der Waals surface area contributed by atoms with Gasteiger partial charge >= 0.3 is 0 Å². The summed E-state index contributed by atoms with van der Waals surface area (Å²) in [7, 11) is 0. The van der Waals surface area contributed by atoms with Crippen molar-refractivity contribution in [2.45, 2.75) is 13.0 Å². The zero-order valence-electron chi connectivity index (χ0n) is 8.63. The van der Waals surface area contributed by atoms with Gasteiger partial charge in [-0.2, -0.15) is 0 Å². The van der Waals surface area contributed by atoms with Crippen LogP contribution in [0.4, 0.5) is 14.5 Å². The van der Waals surface area contributed by atoms with E-state index in [2.05, 4.69) is 5.32 Å². The molecule has 0 unspecified atom stereocenters. The lowest BCUT2D eigenvalue weighted by Gasteiger charge is -2.08. The van der Waals surface area contributed by atoms with E-state index in [1.165, 1.54) is 6.92 Å². The maximum absolute atomic E-state index is 13.3. The van der Waals surface area contributed by atoms with Crippen LogP contribution in [0.5, 0.6) is 0 Å². The van der Waals surface area contributed by atoms with Gasteiger partial charge in [0, 0.05) is 6.54 Å². The van der Waals surface area contributed by atoms with E-state index in [1.807, 2.05) is 0 Å². The molecule has 6 heteroatoms. The monoisotopic (exact) mass is 230 g/mol. The van der Waals surface area contributed by atoms with Crippen molar-refractivity contribution in [2.75, 3.05) is 12.3 Å². The number of amides is 1. The smallest absolute Gasteiger partial charge is 0.254 e. The maximum Gasteiger partial charge on any atom is 0.254 e. The Bertz CT molecular complexity index is 408. The number of nitrogen functional groups attached to an aromatic ring is 1. The molecule has 1 aromatic carbocycles. The Morgan fingerprint density at radius 2 is 2.19 bits per heavy atom. The summed E-state index contributed by atoms with van der Waals surface area (Å²) in [5, 5.41) is 11.2. The van der Waals surface area contributed by atoms with Crippen LogP contribution in [0.1, 0.15) is 17.3 Å². The van der Waals surface area contributed by atoms with E-state index in [0.29, 0.717) is 0 Å². The molecule has 0 saturated carbocycles. The average molecular weight is 230 g/mol. The molecule has 0 radical (unpaired) electrons. The molecular formula is C10H12F2N2O2. The number of rotatable bonds is 3. The fourth-order valence-electron chi connectivity index (χ4n) is 1.11. The number of carbonyl (C=O) groups is 1. The van der Waals surface area contributed by atoms with E-state index in [9.17, 15) is 13.6 Å². The largest absolute Gasteiger partial charge is 0.396 e. The maximum atomic E-state index is 13.3. The van der Waals surface area contributed by atoms with Crippen molar-refractivity contribution in [1.82, 2.24) is 5.32 Å². The molecule has 1 aromatic rings. The number of aliphatic hydroxyl groups is 1. The molecule has 0 bridgehead atoms. The number of aliphatic hydroxyl groups excluding tert-OH is 1.